The van der Waals surface area contributed by atoms with E-state index in [9.17, 15) is 9.59 Å². The molecule has 3 aliphatic rings. The second kappa shape index (κ2) is 8.49. The van der Waals surface area contributed by atoms with Crippen molar-refractivity contribution in [2.24, 2.45) is 11.1 Å². The van der Waals surface area contributed by atoms with E-state index in [0.29, 0.717) is 36.1 Å². The van der Waals surface area contributed by atoms with Crippen molar-refractivity contribution in [3.8, 4) is 5.88 Å². The molecule has 0 unspecified atom stereocenters. The largest absolute Gasteiger partial charge is 0.474 e. The zero-order valence-electron chi connectivity index (χ0n) is 19.2. The predicted octanol–water partition coefficient (Wildman–Crippen LogP) is 1.18. The van der Waals surface area contributed by atoms with Crippen molar-refractivity contribution in [2.75, 3.05) is 31.2 Å². The summed E-state index contributed by atoms with van der Waals surface area (Å²) in [5.41, 5.74) is 7.57. The van der Waals surface area contributed by atoms with Crippen molar-refractivity contribution in [1.82, 2.24) is 24.9 Å². The number of hydrogen-bond acceptors (Lipinski definition) is 8. The van der Waals surface area contributed by atoms with Gasteiger partial charge in [0, 0.05) is 43.3 Å². The molecule has 1 aliphatic heterocycles. The lowest BCUT2D eigenvalue weighted by Crippen LogP contribution is -2.59. The van der Waals surface area contributed by atoms with Gasteiger partial charge in [-0.1, -0.05) is 0 Å². The maximum Gasteiger partial charge on any atom is 0.289 e. The van der Waals surface area contributed by atoms with Crippen LogP contribution in [0.3, 0.4) is 0 Å². The number of nitrogens with zero attached hydrogens (tertiary/aromatic N) is 5. The Hall–Kier alpha value is -3.73. The van der Waals surface area contributed by atoms with Gasteiger partial charge in [0.25, 0.3) is 11.8 Å². The predicted molar refractivity (Wildman–Crippen MR) is 125 cm³/mol. The smallest absolute Gasteiger partial charge is 0.289 e. The van der Waals surface area contributed by atoms with E-state index in [1.54, 1.807) is 22.7 Å². The summed E-state index contributed by atoms with van der Waals surface area (Å²) in [6, 6.07) is 7.31. The Kier molecular flexibility index (Phi) is 5.28. The molecule has 2 saturated carbocycles. The van der Waals surface area contributed by atoms with E-state index in [1.165, 1.54) is 0 Å². The average molecular weight is 478 g/mol. The molecule has 1 saturated heterocycles. The summed E-state index contributed by atoms with van der Waals surface area (Å²) >= 11 is 0. The standard InChI is InChI=1S/C24H27N7O4/c25-20(32)18-2-1-4-26-23(18)35-17-13-24(14-17)11-15(12-24)27-22(33)21-29-28-19-10-16(3-5-31(19)21)30-6-8-34-9-7-30/h1-5,10,15,17H,6-9,11-14H2,(H2,25,32)(H,27,33). The number of carbonyl (C=O) groups is 2. The molecular weight excluding hydrogens is 450 g/mol. The highest BCUT2D eigenvalue weighted by Crippen LogP contribution is 2.56. The van der Waals surface area contributed by atoms with Gasteiger partial charge in [-0.05, 0) is 49.3 Å². The first kappa shape index (κ1) is 21.8. The van der Waals surface area contributed by atoms with Gasteiger partial charge in [0.2, 0.25) is 11.7 Å². The van der Waals surface area contributed by atoms with E-state index in [4.69, 9.17) is 15.2 Å². The molecule has 0 atom stereocenters. The van der Waals surface area contributed by atoms with E-state index in [-0.39, 0.29) is 23.5 Å². The fourth-order valence-corrected chi connectivity index (χ4v) is 5.54. The molecule has 3 aromatic rings. The minimum atomic E-state index is -0.549. The summed E-state index contributed by atoms with van der Waals surface area (Å²) in [5, 5.41) is 11.4. The van der Waals surface area contributed by atoms with Crippen LogP contribution in [0.25, 0.3) is 5.65 Å². The molecule has 182 valence electrons. The van der Waals surface area contributed by atoms with Gasteiger partial charge in [0.1, 0.15) is 11.7 Å². The Morgan fingerprint density at radius 2 is 1.94 bits per heavy atom. The molecule has 6 rings (SSSR count). The third kappa shape index (κ3) is 4.05. The summed E-state index contributed by atoms with van der Waals surface area (Å²) in [7, 11) is 0. The van der Waals surface area contributed by atoms with E-state index < -0.39 is 5.91 Å². The molecule has 2 aliphatic carbocycles. The third-order valence-corrected chi connectivity index (χ3v) is 7.30. The van der Waals surface area contributed by atoms with Gasteiger partial charge in [-0.25, -0.2) is 4.98 Å². The van der Waals surface area contributed by atoms with Crippen LogP contribution < -0.4 is 20.7 Å². The number of pyridine rings is 2. The number of aromatic nitrogens is 4. The number of nitrogens with one attached hydrogen (secondary N) is 1. The van der Waals surface area contributed by atoms with Crippen LogP contribution in [-0.4, -0.2) is 69.8 Å². The highest BCUT2D eigenvalue weighted by atomic mass is 16.5. The lowest BCUT2D eigenvalue weighted by Gasteiger charge is -2.57. The van der Waals surface area contributed by atoms with Crippen LogP contribution in [0.2, 0.25) is 0 Å². The van der Waals surface area contributed by atoms with Crippen LogP contribution >= 0.6 is 0 Å². The van der Waals surface area contributed by atoms with Crippen molar-refractivity contribution in [1.29, 1.82) is 0 Å². The Labute approximate surface area is 201 Å². The first-order valence-electron chi connectivity index (χ1n) is 11.9. The molecule has 2 amide bonds. The number of morpholine rings is 1. The number of ether oxygens (including phenoxy) is 2. The average Bonchev–Trinajstić information content (AvgIpc) is 3.25. The molecule has 0 aromatic carbocycles. The SMILES string of the molecule is NC(=O)c1cccnc1OC1CC2(CC(NC(=O)c3nnc4cc(N5CCOCC5)ccn34)C2)C1. The Bertz CT molecular complexity index is 1270. The highest BCUT2D eigenvalue weighted by molar-refractivity contribution is 5.95. The van der Waals surface area contributed by atoms with Gasteiger partial charge in [-0.15, -0.1) is 10.2 Å². The molecule has 3 aromatic heterocycles. The molecule has 11 nitrogen and oxygen atoms in total. The maximum atomic E-state index is 12.9. The van der Waals surface area contributed by atoms with Crippen LogP contribution in [0.4, 0.5) is 5.69 Å². The molecule has 1 spiro atoms. The van der Waals surface area contributed by atoms with Crippen molar-refractivity contribution < 1.29 is 19.1 Å². The lowest BCUT2D eigenvalue weighted by molar-refractivity contribution is -0.0848. The van der Waals surface area contributed by atoms with Crippen molar-refractivity contribution in [3.05, 3.63) is 48.0 Å². The summed E-state index contributed by atoms with van der Waals surface area (Å²) in [6.07, 6.45) is 6.95. The third-order valence-electron chi connectivity index (χ3n) is 7.30. The number of fused-ring (bicyclic) bond motifs is 1. The molecule has 0 radical (unpaired) electrons. The van der Waals surface area contributed by atoms with Gasteiger partial charge in [0.05, 0.1) is 13.2 Å². The van der Waals surface area contributed by atoms with Gasteiger partial charge in [-0.2, -0.15) is 0 Å². The van der Waals surface area contributed by atoms with E-state index in [2.05, 4.69) is 25.4 Å². The monoisotopic (exact) mass is 477 g/mol. The normalized spacial score (nSPS) is 25.7. The molecular formula is C24H27N7O4. The summed E-state index contributed by atoms with van der Waals surface area (Å²) in [6.45, 7) is 3.08. The number of nitrogens with two attached hydrogens (primary N) is 1. The number of carbonyl (C=O) groups excluding carboxylic acids is 2. The maximum absolute atomic E-state index is 12.9. The minimum Gasteiger partial charge on any atom is -0.474 e. The fraction of sp³-hybridized carbons (Fsp3) is 0.458. The second-order valence-electron chi connectivity index (χ2n) is 9.68. The Balaban J connectivity index is 1.03. The van der Waals surface area contributed by atoms with Crippen molar-refractivity contribution >= 4 is 23.1 Å². The van der Waals surface area contributed by atoms with Crippen LogP contribution in [0.5, 0.6) is 5.88 Å². The quantitative estimate of drug-likeness (QED) is 0.540. The van der Waals surface area contributed by atoms with Crippen molar-refractivity contribution in [3.63, 3.8) is 0 Å². The number of hydrogen-bond donors (Lipinski definition) is 2. The molecule has 3 fully saturated rings. The molecule has 35 heavy (non-hydrogen) atoms. The highest BCUT2D eigenvalue weighted by Gasteiger charge is 2.54. The van der Waals surface area contributed by atoms with Gasteiger partial charge >= 0.3 is 0 Å². The number of anilines is 1. The van der Waals surface area contributed by atoms with Crippen LogP contribution in [0.15, 0.2) is 36.7 Å². The van der Waals surface area contributed by atoms with Crippen molar-refractivity contribution in [2.45, 2.75) is 37.8 Å². The molecule has 3 N–H and O–H groups in total. The molecule has 11 heteroatoms. The number of amides is 2. The van der Waals surface area contributed by atoms with E-state index in [1.807, 2.05) is 18.3 Å². The Morgan fingerprint density at radius 1 is 1.14 bits per heavy atom. The molecule has 4 heterocycles. The first-order valence-corrected chi connectivity index (χ1v) is 11.9. The van der Waals surface area contributed by atoms with E-state index >= 15 is 0 Å². The van der Waals surface area contributed by atoms with E-state index in [0.717, 1.165) is 44.5 Å². The molecule has 0 bridgehead atoms. The van der Waals surface area contributed by atoms with Gasteiger partial charge in [-0.3, -0.25) is 14.0 Å². The zero-order chi connectivity index (χ0) is 24.0. The van der Waals surface area contributed by atoms with Crippen LogP contribution in [-0.2, 0) is 4.74 Å². The zero-order valence-corrected chi connectivity index (χ0v) is 19.2. The topological polar surface area (TPSA) is 137 Å². The summed E-state index contributed by atoms with van der Waals surface area (Å²) in [5.74, 6) is -0.187. The minimum absolute atomic E-state index is 0.000698. The second-order valence-corrected chi connectivity index (χ2v) is 9.68. The number of primary amides is 1. The summed E-state index contributed by atoms with van der Waals surface area (Å²) < 4.78 is 13.1. The Morgan fingerprint density at radius 3 is 2.71 bits per heavy atom. The van der Waals surface area contributed by atoms with Crippen LogP contribution in [0, 0.1) is 5.41 Å². The lowest BCUT2D eigenvalue weighted by atomic mass is 9.53. The summed E-state index contributed by atoms with van der Waals surface area (Å²) in [4.78, 5) is 30.8. The number of rotatable bonds is 6. The first-order chi connectivity index (χ1) is 17.0. The van der Waals surface area contributed by atoms with Gasteiger partial charge in [0.15, 0.2) is 5.65 Å². The van der Waals surface area contributed by atoms with Crippen LogP contribution in [0.1, 0.15) is 46.7 Å². The fourth-order valence-electron chi connectivity index (χ4n) is 5.54. The van der Waals surface area contributed by atoms with Gasteiger partial charge < -0.3 is 25.4 Å².